The molecule has 1 N–H and O–H groups in total. The van der Waals surface area contributed by atoms with E-state index in [0.29, 0.717) is 11.3 Å². The summed E-state index contributed by atoms with van der Waals surface area (Å²) >= 11 is 1.62. The first-order valence-electron chi connectivity index (χ1n) is 8.80. The van der Waals surface area contributed by atoms with Crippen molar-refractivity contribution in [2.45, 2.75) is 0 Å². The van der Waals surface area contributed by atoms with Crippen molar-refractivity contribution in [3.8, 4) is 27.6 Å². The van der Waals surface area contributed by atoms with Crippen LogP contribution < -0.4 is 10.1 Å². The predicted octanol–water partition coefficient (Wildman–Crippen LogP) is 5.74. The molecular formula is C23H18N2O2S. The number of aromatic nitrogens is 1. The third kappa shape index (κ3) is 3.94. The van der Waals surface area contributed by atoms with Gasteiger partial charge in [0.1, 0.15) is 10.8 Å². The van der Waals surface area contributed by atoms with E-state index in [-0.39, 0.29) is 5.91 Å². The van der Waals surface area contributed by atoms with E-state index in [2.05, 4.69) is 17.4 Å². The molecule has 0 spiro atoms. The maximum Gasteiger partial charge on any atom is 0.255 e. The van der Waals surface area contributed by atoms with Gasteiger partial charge in [-0.3, -0.25) is 4.79 Å². The topological polar surface area (TPSA) is 51.2 Å². The van der Waals surface area contributed by atoms with Gasteiger partial charge in [0.05, 0.1) is 12.8 Å². The first-order chi connectivity index (χ1) is 13.7. The zero-order valence-electron chi connectivity index (χ0n) is 15.3. The van der Waals surface area contributed by atoms with Gasteiger partial charge in [0, 0.05) is 27.8 Å². The Bertz CT molecular complexity index is 1090. The number of carbonyl (C=O) groups is 1. The predicted molar refractivity (Wildman–Crippen MR) is 114 cm³/mol. The number of rotatable bonds is 5. The second-order valence-electron chi connectivity index (χ2n) is 6.17. The van der Waals surface area contributed by atoms with Crippen LogP contribution in [0.5, 0.6) is 5.75 Å². The van der Waals surface area contributed by atoms with Crippen molar-refractivity contribution in [1.82, 2.24) is 4.98 Å². The SMILES string of the molecule is COc1cccc(C(=O)Nc2ccc(-c3csc(-c4ccccc4)n3)cc2)c1. The van der Waals surface area contributed by atoms with Crippen LogP contribution in [-0.2, 0) is 0 Å². The number of hydrogen-bond acceptors (Lipinski definition) is 4. The van der Waals surface area contributed by atoms with E-state index in [1.165, 1.54) is 0 Å². The van der Waals surface area contributed by atoms with Gasteiger partial charge in [-0.1, -0.05) is 48.5 Å². The summed E-state index contributed by atoms with van der Waals surface area (Å²) in [5.41, 5.74) is 4.33. The van der Waals surface area contributed by atoms with E-state index < -0.39 is 0 Å². The lowest BCUT2D eigenvalue weighted by Gasteiger charge is -2.07. The number of ether oxygens (including phenoxy) is 1. The maximum atomic E-state index is 12.4. The van der Waals surface area contributed by atoms with Gasteiger partial charge in [-0.05, 0) is 30.3 Å². The van der Waals surface area contributed by atoms with Gasteiger partial charge >= 0.3 is 0 Å². The van der Waals surface area contributed by atoms with Crippen molar-refractivity contribution in [2.75, 3.05) is 12.4 Å². The van der Waals surface area contributed by atoms with E-state index in [0.717, 1.165) is 27.5 Å². The van der Waals surface area contributed by atoms with Crippen LogP contribution in [0, 0.1) is 0 Å². The lowest BCUT2D eigenvalue weighted by Crippen LogP contribution is -2.11. The maximum absolute atomic E-state index is 12.4. The lowest BCUT2D eigenvalue weighted by atomic mass is 10.1. The minimum atomic E-state index is -0.174. The van der Waals surface area contributed by atoms with E-state index in [4.69, 9.17) is 9.72 Å². The van der Waals surface area contributed by atoms with Gasteiger partial charge in [0.15, 0.2) is 0 Å². The van der Waals surface area contributed by atoms with E-state index in [1.54, 1.807) is 36.6 Å². The minimum Gasteiger partial charge on any atom is -0.497 e. The van der Waals surface area contributed by atoms with Gasteiger partial charge < -0.3 is 10.1 Å². The summed E-state index contributed by atoms with van der Waals surface area (Å²) in [4.78, 5) is 17.1. The molecule has 0 bridgehead atoms. The summed E-state index contributed by atoms with van der Waals surface area (Å²) in [5.74, 6) is 0.479. The van der Waals surface area contributed by atoms with Crippen LogP contribution in [0.3, 0.4) is 0 Å². The minimum absolute atomic E-state index is 0.174. The van der Waals surface area contributed by atoms with Crippen molar-refractivity contribution < 1.29 is 9.53 Å². The second kappa shape index (κ2) is 8.06. The van der Waals surface area contributed by atoms with Crippen LogP contribution >= 0.6 is 11.3 Å². The fourth-order valence-electron chi connectivity index (χ4n) is 2.81. The van der Waals surface area contributed by atoms with Crippen molar-refractivity contribution in [2.24, 2.45) is 0 Å². The van der Waals surface area contributed by atoms with Crippen LogP contribution in [0.15, 0.2) is 84.2 Å². The highest BCUT2D eigenvalue weighted by Crippen LogP contribution is 2.29. The Labute approximate surface area is 167 Å². The summed E-state index contributed by atoms with van der Waals surface area (Å²) in [5, 5.41) is 5.95. The molecule has 4 aromatic rings. The Morgan fingerprint density at radius 2 is 1.71 bits per heavy atom. The molecule has 0 radical (unpaired) electrons. The fourth-order valence-corrected chi connectivity index (χ4v) is 3.65. The molecule has 0 unspecified atom stereocenters. The molecule has 4 nitrogen and oxygen atoms in total. The third-order valence-corrected chi connectivity index (χ3v) is 5.19. The summed E-state index contributed by atoms with van der Waals surface area (Å²) in [7, 11) is 1.58. The second-order valence-corrected chi connectivity index (χ2v) is 7.03. The lowest BCUT2D eigenvalue weighted by molar-refractivity contribution is 0.102. The molecule has 1 aromatic heterocycles. The number of thiazole rings is 1. The van der Waals surface area contributed by atoms with Crippen LogP contribution in [-0.4, -0.2) is 18.0 Å². The Balaban J connectivity index is 1.48. The molecule has 0 saturated heterocycles. The number of amides is 1. The van der Waals surface area contributed by atoms with Gasteiger partial charge in [-0.25, -0.2) is 4.98 Å². The average Bonchev–Trinajstić information content (AvgIpc) is 3.25. The quantitative estimate of drug-likeness (QED) is 0.476. The highest BCUT2D eigenvalue weighted by Gasteiger charge is 2.09. The molecule has 0 atom stereocenters. The van der Waals surface area contributed by atoms with Crippen LogP contribution in [0.2, 0.25) is 0 Å². The van der Waals surface area contributed by atoms with Gasteiger partial charge in [0.2, 0.25) is 0 Å². The number of benzene rings is 3. The zero-order chi connectivity index (χ0) is 19.3. The molecule has 138 valence electrons. The molecular weight excluding hydrogens is 368 g/mol. The monoisotopic (exact) mass is 386 g/mol. The Hall–Kier alpha value is -3.44. The number of nitrogens with zero attached hydrogens (tertiary/aromatic N) is 1. The Kier molecular flexibility index (Phi) is 5.17. The average molecular weight is 386 g/mol. The molecule has 5 heteroatoms. The summed E-state index contributed by atoms with van der Waals surface area (Å²) in [6, 6.07) is 24.9. The summed E-state index contributed by atoms with van der Waals surface area (Å²) < 4.78 is 5.17. The third-order valence-electron chi connectivity index (χ3n) is 4.30. The number of hydrogen-bond donors (Lipinski definition) is 1. The molecule has 0 aliphatic carbocycles. The molecule has 0 saturated carbocycles. The van der Waals surface area contributed by atoms with Crippen LogP contribution in [0.1, 0.15) is 10.4 Å². The summed E-state index contributed by atoms with van der Waals surface area (Å²) in [6.07, 6.45) is 0. The highest BCUT2D eigenvalue weighted by atomic mass is 32.1. The number of nitrogens with one attached hydrogen (secondary N) is 1. The molecule has 28 heavy (non-hydrogen) atoms. The molecule has 0 aliphatic rings. The first kappa shape index (κ1) is 17.9. The fraction of sp³-hybridized carbons (Fsp3) is 0.0435. The van der Waals surface area contributed by atoms with Gasteiger partial charge in [-0.2, -0.15) is 0 Å². The molecule has 0 aliphatic heterocycles. The van der Waals surface area contributed by atoms with E-state index in [1.807, 2.05) is 53.9 Å². The van der Waals surface area contributed by atoms with Crippen LogP contribution in [0.25, 0.3) is 21.8 Å². The number of carbonyl (C=O) groups excluding carboxylic acids is 1. The standard InChI is InChI=1S/C23H18N2O2S/c1-27-20-9-5-8-18(14-20)22(26)24-19-12-10-16(11-13-19)21-15-28-23(25-21)17-6-3-2-4-7-17/h2-15H,1H3,(H,24,26). The number of methoxy groups -OCH3 is 1. The van der Waals surface area contributed by atoms with E-state index >= 15 is 0 Å². The number of anilines is 1. The molecule has 1 heterocycles. The molecule has 0 fully saturated rings. The highest BCUT2D eigenvalue weighted by molar-refractivity contribution is 7.13. The molecule has 3 aromatic carbocycles. The zero-order valence-corrected chi connectivity index (χ0v) is 16.1. The van der Waals surface area contributed by atoms with Gasteiger partial charge in [-0.15, -0.1) is 11.3 Å². The van der Waals surface area contributed by atoms with Crippen molar-refractivity contribution in [3.05, 3.63) is 89.8 Å². The molecule has 1 amide bonds. The van der Waals surface area contributed by atoms with Crippen molar-refractivity contribution in [3.63, 3.8) is 0 Å². The normalized spacial score (nSPS) is 10.5. The summed E-state index contributed by atoms with van der Waals surface area (Å²) in [6.45, 7) is 0. The Morgan fingerprint density at radius 1 is 0.929 bits per heavy atom. The van der Waals surface area contributed by atoms with Crippen LogP contribution in [0.4, 0.5) is 5.69 Å². The first-order valence-corrected chi connectivity index (χ1v) is 9.68. The van der Waals surface area contributed by atoms with Gasteiger partial charge in [0.25, 0.3) is 5.91 Å². The molecule has 4 rings (SSSR count). The van der Waals surface area contributed by atoms with Crippen molar-refractivity contribution >= 4 is 22.9 Å². The van der Waals surface area contributed by atoms with E-state index in [9.17, 15) is 4.79 Å². The van der Waals surface area contributed by atoms with Crippen molar-refractivity contribution in [1.29, 1.82) is 0 Å². The smallest absolute Gasteiger partial charge is 0.255 e. The Morgan fingerprint density at radius 3 is 2.46 bits per heavy atom. The largest absolute Gasteiger partial charge is 0.497 e.